The Bertz CT molecular complexity index is 1300. The molecule has 2 heterocycles. The smallest absolute Gasteiger partial charge is 0.262 e. The number of benzene rings is 2. The Balaban J connectivity index is 1.67. The topological polar surface area (TPSA) is 50.7 Å². The molecule has 0 fully saturated rings. The van der Waals surface area contributed by atoms with Crippen LogP contribution in [0.5, 0.6) is 0 Å². The fourth-order valence-electron chi connectivity index (χ4n) is 3.53. The lowest BCUT2D eigenvalue weighted by Gasteiger charge is -2.17. The van der Waals surface area contributed by atoms with E-state index in [9.17, 15) is 4.79 Å². The van der Waals surface area contributed by atoms with Crippen LogP contribution in [0, 0.1) is 4.77 Å². The zero-order chi connectivity index (χ0) is 20.7. The number of aryl methyl sites for hydroxylation is 1. The second-order valence-electron chi connectivity index (χ2n) is 7.52. The number of rotatable bonds is 5. The van der Waals surface area contributed by atoms with Gasteiger partial charge in [0.05, 0.1) is 17.6 Å². The van der Waals surface area contributed by atoms with Crippen LogP contribution < -0.4 is 10.5 Å². The highest BCUT2D eigenvalue weighted by atomic mass is 32.1. The number of para-hydroxylation sites is 1. The zero-order valence-electron chi connectivity index (χ0n) is 17.0. The van der Waals surface area contributed by atoms with Gasteiger partial charge in [-0.2, -0.15) is 0 Å². The van der Waals surface area contributed by atoms with Crippen molar-refractivity contribution >= 4 is 34.6 Å². The number of hydrogen-bond acceptors (Lipinski definition) is 5. The van der Waals surface area contributed by atoms with Gasteiger partial charge >= 0.3 is 0 Å². The molecule has 0 amide bonds. The molecule has 0 spiro atoms. The molecule has 0 aliphatic rings. The van der Waals surface area contributed by atoms with Crippen LogP contribution >= 0.6 is 12.2 Å². The Labute approximate surface area is 174 Å². The molecule has 8 heteroatoms. The molecule has 0 saturated heterocycles. The fourth-order valence-corrected chi connectivity index (χ4v) is 3.81. The molecule has 2 aromatic carbocycles. The normalized spacial score (nSPS) is 11.6. The molecule has 0 aliphatic carbocycles. The van der Waals surface area contributed by atoms with E-state index in [1.54, 1.807) is 16.3 Å². The third-order valence-electron chi connectivity index (χ3n) is 5.08. The van der Waals surface area contributed by atoms with Gasteiger partial charge in [0.1, 0.15) is 0 Å². The Morgan fingerprint density at radius 1 is 1.03 bits per heavy atom. The number of nitrogens with zero attached hydrogens (tertiary/aromatic N) is 6. The van der Waals surface area contributed by atoms with Gasteiger partial charge in [0.25, 0.3) is 5.56 Å². The van der Waals surface area contributed by atoms with E-state index in [0.717, 1.165) is 12.1 Å². The molecule has 4 rings (SSSR count). The van der Waals surface area contributed by atoms with Crippen LogP contribution in [0.4, 0.5) is 5.69 Å². The highest BCUT2D eigenvalue weighted by Gasteiger charge is 2.14. The minimum absolute atomic E-state index is 0.0745. The summed E-state index contributed by atoms with van der Waals surface area (Å²) in [6.45, 7) is 1.29. The van der Waals surface area contributed by atoms with Crippen molar-refractivity contribution in [1.29, 1.82) is 0 Å². The maximum Gasteiger partial charge on any atom is 0.262 e. The molecule has 0 radical (unpaired) electrons. The summed E-state index contributed by atoms with van der Waals surface area (Å²) in [5.74, 6) is 0.544. The van der Waals surface area contributed by atoms with Gasteiger partial charge in [-0.15, -0.1) is 5.10 Å². The first kappa shape index (κ1) is 19.4. The molecule has 0 atom stereocenters. The monoisotopic (exact) mass is 408 g/mol. The van der Waals surface area contributed by atoms with E-state index in [2.05, 4.69) is 39.2 Å². The largest absolute Gasteiger partial charge is 0.378 e. The molecule has 2 aromatic heterocycles. The Morgan fingerprint density at radius 3 is 2.41 bits per heavy atom. The average Bonchev–Trinajstić information content (AvgIpc) is 3.03. The van der Waals surface area contributed by atoms with Crippen LogP contribution in [0.15, 0.2) is 53.3 Å². The zero-order valence-corrected chi connectivity index (χ0v) is 17.8. The van der Waals surface area contributed by atoms with Gasteiger partial charge in [-0.3, -0.25) is 18.7 Å². The third-order valence-corrected chi connectivity index (χ3v) is 5.48. The molecule has 0 N–H and O–H groups in total. The fraction of sp³-hybridized carbons (Fsp3) is 0.286. The van der Waals surface area contributed by atoms with Crippen molar-refractivity contribution in [3.63, 3.8) is 0 Å². The van der Waals surface area contributed by atoms with Gasteiger partial charge in [0.15, 0.2) is 0 Å². The summed E-state index contributed by atoms with van der Waals surface area (Å²) in [7, 11) is 7.82. The van der Waals surface area contributed by atoms with Crippen LogP contribution in [0.2, 0.25) is 0 Å². The lowest BCUT2D eigenvalue weighted by Crippen LogP contribution is -2.22. The summed E-state index contributed by atoms with van der Waals surface area (Å²) in [4.78, 5) is 16.9. The highest BCUT2D eigenvalue weighted by Crippen LogP contribution is 2.15. The number of anilines is 1. The Hall–Kier alpha value is -2.97. The minimum Gasteiger partial charge on any atom is -0.378 e. The van der Waals surface area contributed by atoms with Crippen LogP contribution in [-0.2, 0) is 20.3 Å². The van der Waals surface area contributed by atoms with Gasteiger partial charge < -0.3 is 4.90 Å². The van der Waals surface area contributed by atoms with E-state index in [1.165, 1.54) is 11.3 Å². The first-order valence-electron chi connectivity index (χ1n) is 9.39. The molecule has 0 saturated carbocycles. The quantitative estimate of drug-likeness (QED) is 0.475. The SMILES string of the molecule is CN(Cc1ccc(N(C)C)cc1)Cn1nc2n(C)c(=O)c3ccccc3n2c1=S. The van der Waals surface area contributed by atoms with Gasteiger partial charge in [0, 0.05) is 33.4 Å². The van der Waals surface area contributed by atoms with E-state index < -0.39 is 0 Å². The summed E-state index contributed by atoms with van der Waals surface area (Å²) >= 11 is 5.70. The number of aromatic nitrogens is 4. The molecule has 29 heavy (non-hydrogen) atoms. The molecular formula is C21H24N6OS. The standard InChI is InChI=1S/C21H24N6OS/c1-23(2)16-11-9-15(10-12-16)13-24(3)14-26-21(29)27-18-8-6-5-7-17(18)19(28)25(4)20(27)22-26/h5-12H,13-14H2,1-4H3. The van der Waals surface area contributed by atoms with E-state index >= 15 is 0 Å². The molecular weight excluding hydrogens is 384 g/mol. The second-order valence-corrected chi connectivity index (χ2v) is 7.88. The summed E-state index contributed by atoms with van der Waals surface area (Å²) in [5.41, 5.74) is 3.09. The van der Waals surface area contributed by atoms with Crippen molar-refractivity contribution in [1.82, 2.24) is 23.6 Å². The summed E-state index contributed by atoms with van der Waals surface area (Å²) in [6.07, 6.45) is 0. The van der Waals surface area contributed by atoms with E-state index in [1.807, 2.05) is 49.8 Å². The molecule has 0 bridgehead atoms. The maximum atomic E-state index is 12.7. The summed E-state index contributed by atoms with van der Waals surface area (Å²) in [6, 6.07) is 16.0. The molecule has 150 valence electrons. The first-order chi connectivity index (χ1) is 13.9. The molecule has 0 unspecified atom stereocenters. The van der Waals surface area contributed by atoms with E-state index in [-0.39, 0.29) is 5.56 Å². The lowest BCUT2D eigenvalue weighted by atomic mass is 10.2. The molecule has 7 nitrogen and oxygen atoms in total. The van der Waals surface area contributed by atoms with Crippen molar-refractivity contribution in [2.75, 3.05) is 26.0 Å². The van der Waals surface area contributed by atoms with E-state index in [4.69, 9.17) is 12.2 Å². The number of fused-ring (bicyclic) bond motifs is 3. The van der Waals surface area contributed by atoms with Crippen molar-refractivity contribution in [3.05, 3.63) is 69.2 Å². The summed E-state index contributed by atoms with van der Waals surface area (Å²) < 4.78 is 5.76. The van der Waals surface area contributed by atoms with Gasteiger partial charge in [-0.05, 0) is 49.1 Å². The van der Waals surface area contributed by atoms with Crippen LogP contribution in [0.1, 0.15) is 5.56 Å². The second kappa shape index (κ2) is 7.46. The Morgan fingerprint density at radius 2 is 1.72 bits per heavy atom. The predicted molar refractivity (Wildman–Crippen MR) is 119 cm³/mol. The predicted octanol–water partition coefficient (Wildman–Crippen LogP) is 2.87. The van der Waals surface area contributed by atoms with Crippen molar-refractivity contribution < 1.29 is 0 Å². The molecule has 0 aliphatic heterocycles. The van der Waals surface area contributed by atoms with Crippen LogP contribution in [-0.4, -0.2) is 44.8 Å². The van der Waals surface area contributed by atoms with Gasteiger partial charge in [-0.25, -0.2) is 4.68 Å². The molecule has 4 aromatic rings. The van der Waals surface area contributed by atoms with Gasteiger partial charge in [-0.1, -0.05) is 24.3 Å². The average molecular weight is 409 g/mol. The minimum atomic E-state index is -0.0745. The highest BCUT2D eigenvalue weighted by molar-refractivity contribution is 7.71. The van der Waals surface area contributed by atoms with Crippen LogP contribution in [0.25, 0.3) is 16.7 Å². The third kappa shape index (κ3) is 3.45. The van der Waals surface area contributed by atoms with Crippen molar-refractivity contribution in [3.8, 4) is 0 Å². The van der Waals surface area contributed by atoms with Crippen molar-refractivity contribution in [2.24, 2.45) is 7.05 Å². The lowest BCUT2D eigenvalue weighted by molar-refractivity contribution is 0.244. The Kier molecular flexibility index (Phi) is 4.97. The maximum absolute atomic E-state index is 12.7. The van der Waals surface area contributed by atoms with Crippen LogP contribution in [0.3, 0.4) is 0 Å². The van der Waals surface area contributed by atoms with Gasteiger partial charge in [0.2, 0.25) is 10.5 Å². The van der Waals surface area contributed by atoms with Crippen molar-refractivity contribution in [2.45, 2.75) is 13.2 Å². The number of hydrogen-bond donors (Lipinski definition) is 0. The summed E-state index contributed by atoms with van der Waals surface area (Å²) in [5, 5.41) is 5.26. The van der Waals surface area contributed by atoms with E-state index in [0.29, 0.717) is 22.6 Å². The first-order valence-corrected chi connectivity index (χ1v) is 9.80.